The summed E-state index contributed by atoms with van der Waals surface area (Å²) >= 11 is 0. The van der Waals surface area contributed by atoms with Gasteiger partial charge in [0.25, 0.3) is 0 Å². The molecule has 1 saturated heterocycles. The van der Waals surface area contributed by atoms with E-state index in [-0.39, 0.29) is 0 Å². The molecule has 0 bridgehead atoms. The molecule has 0 aromatic heterocycles. The highest BCUT2D eigenvalue weighted by Crippen LogP contribution is 2.31. The fourth-order valence-corrected chi connectivity index (χ4v) is 2.63. The van der Waals surface area contributed by atoms with Crippen LogP contribution in [0.5, 0.6) is 0 Å². The second-order valence-corrected chi connectivity index (χ2v) is 5.24. The van der Waals surface area contributed by atoms with Crippen LogP contribution in [-0.2, 0) is 15.7 Å². The maximum absolute atomic E-state index is 12.6. The summed E-state index contributed by atoms with van der Waals surface area (Å²) in [5, 5.41) is 9.20. The summed E-state index contributed by atoms with van der Waals surface area (Å²) in [6.07, 6.45) is -4.31. The molecule has 1 N–H and O–H groups in total. The number of hydrogen-bond acceptors (Lipinski definition) is 3. The van der Waals surface area contributed by atoms with E-state index >= 15 is 0 Å². The summed E-state index contributed by atoms with van der Waals surface area (Å²) in [7, 11) is 0. The SMILES string of the molecule is CCC(C(=O)O)N1CCOC(c2ccc(C(F)(F)F)cc2)C1. The number of aliphatic carboxylic acids is 1. The van der Waals surface area contributed by atoms with Crippen LogP contribution >= 0.6 is 0 Å². The summed E-state index contributed by atoms with van der Waals surface area (Å²) in [6.45, 7) is 3.01. The average Bonchev–Trinajstić information content (AvgIpc) is 2.47. The molecule has 7 heteroatoms. The summed E-state index contributed by atoms with van der Waals surface area (Å²) in [4.78, 5) is 13.0. The van der Waals surface area contributed by atoms with Crippen molar-refractivity contribution in [1.82, 2.24) is 4.90 Å². The molecule has 2 unspecified atom stereocenters. The summed E-state index contributed by atoms with van der Waals surface area (Å²) in [5.41, 5.74) is -0.0844. The molecular weight excluding hydrogens is 299 g/mol. The van der Waals surface area contributed by atoms with Crippen LogP contribution in [0.15, 0.2) is 24.3 Å². The first-order valence-corrected chi connectivity index (χ1v) is 7.08. The van der Waals surface area contributed by atoms with Crippen LogP contribution in [0.2, 0.25) is 0 Å². The highest BCUT2D eigenvalue weighted by molar-refractivity contribution is 5.73. The zero-order valence-electron chi connectivity index (χ0n) is 12.1. The third kappa shape index (κ3) is 3.78. The van der Waals surface area contributed by atoms with Gasteiger partial charge in [-0.05, 0) is 24.1 Å². The van der Waals surface area contributed by atoms with Crippen LogP contribution in [0.1, 0.15) is 30.6 Å². The largest absolute Gasteiger partial charge is 0.480 e. The van der Waals surface area contributed by atoms with E-state index in [9.17, 15) is 23.1 Å². The summed E-state index contributed by atoms with van der Waals surface area (Å²) in [6, 6.07) is 4.22. The Kier molecular flexibility index (Phi) is 5.08. The molecule has 1 heterocycles. The number of nitrogens with zero attached hydrogens (tertiary/aromatic N) is 1. The van der Waals surface area contributed by atoms with E-state index in [2.05, 4.69) is 0 Å². The molecule has 2 rings (SSSR count). The van der Waals surface area contributed by atoms with E-state index in [0.717, 1.165) is 12.1 Å². The molecule has 22 heavy (non-hydrogen) atoms. The Balaban J connectivity index is 2.10. The molecule has 1 aliphatic heterocycles. The van der Waals surface area contributed by atoms with Crippen molar-refractivity contribution in [1.29, 1.82) is 0 Å². The molecule has 1 aromatic carbocycles. The standard InChI is InChI=1S/C15H18F3NO3/c1-2-12(14(20)21)19-7-8-22-13(9-19)10-3-5-11(6-4-10)15(16,17)18/h3-6,12-13H,2,7-9H2,1H3,(H,20,21). The van der Waals surface area contributed by atoms with E-state index in [4.69, 9.17) is 4.74 Å². The van der Waals surface area contributed by atoms with Gasteiger partial charge < -0.3 is 9.84 Å². The van der Waals surface area contributed by atoms with E-state index in [0.29, 0.717) is 31.7 Å². The monoisotopic (exact) mass is 317 g/mol. The highest BCUT2D eigenvalue weighted by atomic mass is 19.4. The van der Waals surface area contributed by atoms with Gasteiger partial charge >= 0.3 is 12.1 Å². The highest BCUT2D eigenvalue weighted by Gasteiger charge is 2.32. The van der Waals surface area contributed by atoms with Crippen molar-refractivity contribution >= 4 is 5.97 Å². The van der Waals surface area contributed by atoms with E-state index in [1.165, 1.54) is 12.1 Å². The number of rotatable bonds is 4. The molecule has 0 saturated carbocycles. The van der Waals surface area contributed by atoms with Crippen molar-refractivity contribution in [3.63, 3.8) is 0 Å². The second-order valence-electron chi connectivity index (χ2n) is 5.24. The maximum Gasteiger partial charge on any atom is 0.416 e. The van der Waals surface area contributed by atoms with Crippen LogP contribution in [0.3, 0.4) is 0 Å². The Morgan fingerprint density at radius 3 is 2.55 bits per heavy atom. The predicted octanol–water partition coefficient (Wildman–Crippen LogP) is 2.94. The fourth-order valence-electron chi connectivity index (χ4n) is 2.63. The Hall–Kier alpha value is -1.60. The van der Waals surface area contributed by atoms with Gasteiger partial charge in [-0.25, -0.2) is 0 Å². The smallest absolute Gasteiger partial charge is 0.416 e. The number of morpholine rings is 1. The van der Waals surface area contributed by atoms with Gasteiger partial charge in [-0.1, -0.05) is 19.1 Å². The number of alkyl halides is 3. The molecule has 1 aromatic rings. The molecule has 1 fully saturated rings. The van der Waals surface area contributed by atoms with Gasteiger partial charge in [0.1, 0.15) is 6.04 Å². The zero-order valence-corrected chi connectivity index (χ0v) is 12.1. The fraction of sp³-hybridized carbons (Fsp3) is 0.533. The lowest BCUT2D eigenvalue weighted by molar-refractivity contribution is -0.147. The van der Waals surface area contributed by atoms with Crippen LogP contribution in [0.25, 0.3) is 0 Å². The number of benzene rings is 1. The Morgan fingerprint density at radius 2 is 2.05 bits per heavy atom. The lowest BCUT2D eigenvalue weighted by Gasteiger charge is -2.36. The molecule has 4 nitrogen and oxygen atoms in total. The van der Waals surface area contributed by atoms with E-state index in [1.54, 1.807) is 11.8 Å². The van der Waals surface area contributed by atoms with Gasteiger partial charge in [-0.3, -0.25) is 9.69 Å². The normalized spacial score (nSPS) is 21.5. The van der Waals surface area contributed by atoms with Crippen molar-refractivity contribution in [3.05, 3.63) is 35.4 Å². The number of carbonyl (C=O) groups is 1. The lowest BCUT2D eigenvalue weighted by Crippen LogP contribution is -2.48. The van der Waals surface area contributed by atoms with Gasteiger partial charge in [0.05, 0.1) is 18.3 Å². The first kappa shape index (κ1) is 16.8. The molecule has 0 radical (unpaired) electrons. The third-order valence-corrected chi connectivity index (χ3v) is 3.82. The number of carboxylic acids is 1. The molecule has 0 aliphatic carbocycles. The third-order valence-electron chi connectivity index (χ3n) is 3.82. The minimum Gasteiger partial charge on any atom is -0.480 e. The van der Waals surface area contributed by atoms with Crippen molar-refractivity contribution < 1.29 is 27.8 Å². The molecule has 0 spiro atoms. The molecule has 122 valence electrons. The van der Waals surface area contributed by atoms with Gasteiger partial charge in [0, 0.05) is 13.1 Å². The van der Waals surface area contributed by atoms with Gasteiger partial charge in [0.15, 0.2) is 0 Å². The summed E-state index contributed by atoms with van der Waals surface area (Å²) < 4.78 is 43.3. The van der Waals surface area contributed by atoms with Crippen molar-refractivity contribution in [2.75, 3.05) is 19.7 Å². The molecular formula is C15H18F3NO3. The van der Waals surface area contributed by atoms with Crippen LogP contribution < -0.4 is 0 Å². The Morgan fingerprint density at radius 1 is 1.41 bits per heavy atom. The summed E-state index contributed by atoms with van der Waals surface area (Å²) in [5.74, 6) is -0.893. The van der Waals surface area contributed by atoms with E-state index < -0.39 is 29.9 Å². The van der Waals surface area contributed by atoms with Crippen LogP contribution in [0, 0.1) is 0 Å². The number of carboxylic acid groups (broad SMARTS) is 1. The van der Waals surface area contributed by atoms with Crippen molar-refractivity contribution in [2.24, 2.45) is 0 Å². The van der Waals surface area contributed by atoms with Crippen LogP contribution in [-0.4, -0.2) is 41.7 Å². The quantitative estimate of drug-likeness (QED) is 0.927. The predicted molar refractivity (Wildman–Crippen MR) is 73.4 cm³/mol. The molecule has 2 atom stereocenters. The van der Waals surface area contributed by atoms with E-state index in [1.807, 2.05) is 0 Å². The van der Waals surface area contributed by atoms with Gasteiger partial charge in [0.2, 0.25) is 0 Å². The minimum atomic E-state index is -4.37. The zero-order chi connectivity index (χ0) is 16.3. The molecule has 1 aliphatic rings. The first-order valence-electron chi connectivity index (χ1n) is 7.08. The first-order chi connectivity index (χ1) is 10.3. The van der Waals surface area contributed by atoms with Crippen LogP contribution in [0.4, 0.5) is 13.2 Å². The van der Waals surface area contributed by atoms with Gasteiger partial charge in [-0.2, -0.15) is 13.2 Å². The Labute approximate surface area is 126 Å². The van der Waals surface area contributed by atoms with Crippen molar-refractivity contribution in [2.45, 2.75) is 31.7 Å². The maximum atomic E-state index is 12.6. The topological polar surface area (TPSA) is 49.8 Å². The number of ether oxygens (including phenoxy) is 1. The lowest BCUT2D eigenvalue weighted by atomic mass is 10.0. The minimum absolute atomic E-state index is 0.357. The van der Waals surface area contributed by atoms with Gasteiger partial charge in [-0.15, -0.1) is 0 Å². The Bertz CT molecular complexity index is 516. The average molecular weight is 317 g/mol. The number of halogens is 3. The number of hydrogen-bond donors (Lipinski definition) is 1. The second kappa shape index (κ2) is 6.66. The van der Waals surface area contributed by atoms with Crippen molar-refractivity contribution in [3.8, 4) is 0 Å². The molecule has 0 amide bonds.